The van der Waals surface area contributed by atoms with Crippen LogP contribution in [0.25, 0.3) is 0 Å². The van der Waals surface area contributed by atoms with Gasteiger partial charge in [0.05, 0.1) is 6.61 Å². The van der Waals surface area contributed by atoms with Gasteiger partial charge in [-0.3, -0.25) is 4.98 Å². The Kier molecular flexibility index (Phi) is 5.07. The minimum absolute atomic E-state index is 0.110. The van der Waals surface area contributed by atoms with Crippen molar-refractivity contribution in [2.75, 3.05) is 6.54 Å². The molecule has 3 nitrogen and oxygen atoms in total. The molecular weight excluding hydrogens is 236 g/mol. The van der Waals surface area contributed by atoms with Crippen LogP contribution in [0.1, 0.15) is 22.4 Å². The summed E-state index contributed by atoms with van der Waals surface area (Å²) in [5.41, 5.74) is 4.58. The summed E-state index contributed by atoms with van der Waals surface area (Å²) in [6.45, 7) is 3.94. The molecule has 100 valence electrons. The number of hydrogen-bond acceptors (Lipinski definition) is 3. The molecule has 3 heteroatoms. The zero-order chi connectivity index (χ0) is 13.5. The lowest BCUT2D eigenvalue weighted by Gasteiger charge is -2.07. The number of aromatic nitrogens is 1. The zero-order valence-corrected chi connectivity index (χ0v) is 11.3. The van der Waals surface area contributed by atoms with Crippen molar-refractivity contribution in [3.63, 3.8) is 0 Å². The first-order valence-electron chi connectivity index (χ1n) is 6.59. The normalized spacial score (nSPS) is 10.6. The van der Waals surface area contributed by atoms with Crippen molar-refractivity contribution in [1.29, 1.82) is 0 Å². The third-order valence-electron chi connectivity index (χ3n) is 3.23. The first kappa shape index (κ1) is 13.7. The molecule has 1 aromatic heterocycles. The Bertz CT molecular complexity index is 508. The molecule has 0 radical (unpaired) electrons. The number of aliphatic hydroxyl groups excluding tert-OH is 1. The second-order valence-electron chi connectivity index (χ2n) is 4.65. The van der Waals surface area contributed by atoms with Gasteiger partial charge in [-0.25, -0.2) is 0 Å². The summed E-state index contributed by atoms with van der Waals surface area (Å²) in [5, 5.41) is 12.4. The molecule has 2 rings (SSSR count). The van der Waals surface area contributed by atoms with E-state index in [1.54, 1.807) is 0 Å². The number of pyridine rings is 1. The SMILES string of the molecule is Cc1ncccc1CNCCc1ccc(CO)cc1. The van der Waals surface area contributed by atoms with Crippen molar-refractivity contribution in [2.24, 2.45) is 0 Å². The van der Waals surface area contributed by atoms with Crippen LogP contribution in [0.5, 0.6) is 0 Å². The number of nitrogens with zero attached hydrogens (tertiary/aromatic N) is 1. The number of aliphatic hydroxyl groups is 1. The van der Waals surface area contributed by atoms with Gasteiger partial charge < -0.3 is 10.4 Å². The van der Waals surface area contributed by atoms with Gasteiger partial charge in [0.25, 0.3) is 0 Å². The maximum Gasteiger partial charge on any atom is 0.0681 e. The Hall–Kier alpha value is -1.71. The monoisotopic (exact) mass is 256 g/mol. The van der Waals surface area contributed by atoms with E-state index in [1.165, 1.54) is 11.1 Å². The van der Waals surface area contributed by atoms with Gasteiger partial charge in [-0.1, -0.05) is 30.3 Å². The Balaban J connectivity index is 1.76. The zero-order valence-electron chi connectivity index (χ0n) is 11.3. The third-order valence-corrected chi connectivity index (χ3v) is 3.23. The summed E-state index contributed by atoms with van der Waals surface area (Å²) in [4.78, 5) is 4.27. The second-order valence-corrected chi connectivity index (χ2v) is 4.65. The van der Waals surface area contributed by atoms with Gasteiger partial charge in [0, 0.05) is 18.4 Å². The molecule has 19 heavy (non-hydrogen) atoms. The van der Waals surface area contributed by atoms with Gasteiger partial charge >= 0.3 is 0 Å². The van der Waals surface area contributed by atoms with Crippen LogP contribution >= 0.6 is 0 Å². The van der Waals surface area contributed by atoms with E-state index in [1.807, 2.05) is 31.3 Å². The van der Waals surface area contributed by atoms with Crippen molar-refractivity contribution in [3.05, 3.63) is 65.0 Å². The molecule has 0 amide bonds. The molecule has 0 saturated carbocycles. The van der Waals surface area contributed by atoms with Crippen molar-refractivity contribution >= 4 is 0 Å². The van der Waals surface area contributed by atoms with E-state index < -0.39 is 0 Å². The highest BCUT2D eigenvalue weighted by Crippen LogP contribution is 2.05. The van der Waals surface area contributed by atoms with E-state index >= 15 is 0 Å². The van der Waals surface area contributed by atoms with Crippen molar-refractivity contribution in [2.45, 2.75) is 26.5 Å². The summed E-state index contributed by atoms with van der Waals surface area (Å²) < 4.78 is 0. The van der Waals surface area contributed by atoms with Crippen LogP contribution in [0.4, 0.5) is 0 Å². The van der Waals surface area contributed by atoms with Gasteiger partial charge in [0.1, 0.15) is 0 Å². The lowest BCUT2D eigenvalue weighted by molar-refractivity contribution is 0.282. The molecular formula is C16H20N2O. The number of rotatable bonds is 6. The largest absolute Gasteiger partial charge is 0.392 e. The minimum atomic E-state index is 0.110. The molecule has 0 spiro atoms. The molecule has 0 aliphatic heterocycles. The molecule has 0 unspecified atom stereocenters. The third kappa shape index (κ3) is 4.16. The van der Waals surface area contributed by atoms with Gasteiger partial charge in [-0.2, -0.15) is 0 Å². The molecule has 2 aromatic rings. The summed E-state index contributed by atoms with van der Waals surface area (Å²) in [7, 11) is 0. The summed E-state index contributed by atoms with van der Waals surface area (Å²) in [6, 6.07) is 12.2. The highest BCUT2D eigenvalue weighted by molar-refractivity contribution is 5.22. The van der Waals surface area contributed by atoms with Gasteiger partial charge in [0.2, 0.25) is 0 Å². The first-order valence-corrected chi connectivity index (χ1v) is 6.59. The quantitative estimate of drug-likeness (QED) is 0.779. The smallest absolute Gasteiger partial charge is 0.0681 e. The summed E-state index contributed by atoms with van der Waals surface area (Å²) in [5.74, 6) is 0. The Morgan fingerprint density at radius 3 is 2.53 bits per heavy atom. The van der Waals surface area contributed by atoms with Crippen LogP contribution in [-0.2, 0) is 19.6 Å². The molecule has 0 saturated heterocycles. The van der Waals surface area contributed by atoms with Crippen LogP contribution in [0, 0.1) is 6.92 Å². The Morgan fingerprint density at radius 2 is 1.84 bits per heavy atom. The van der Waals surface area contributed by atoms with Crippen LogP contribution < -0.4 is 5.32 Å². The van der Waals surface area contributed by atoms with Crippen LogP contribution in [0.15, 0.2) is 42.6 Å². The highest BCUT2D eigenvalue weighted by atomic mass is 16.3. The molecule has 2 N–H and O–H groups in total. The second kappa shape index (κ2) is 7.02. The van der Waals surface area contributed by atoms with E-state index in [9.17, 15) is 0 Å². The number of nitrogens with one attached hydrogen (secondary N) is 1. The summed E-state index contributed by atoms with van der Waals surface area (Å²) >= 11 is 0. The average molecular weight is 256 g/mol. The fraction of sp³-hybridized carbons (Fsp3) is 0.312. The minimum Gasteiger partial charge on any atom is -0.392 e. The fourth-order valence-corrected chi connectivity index (χ4v) is 1.97. The van der Waals surface area contributed by atoms with E-state index in [0.29, 0.717) is 0 Å². The first-order chi connectivity index (χ1) is 9.29. The number of hydrogen-bond donors (Lipinski definition) is 2. The molecule has 0 fully saturated rings. The highest BCUT2D eigenvalue weighted by Gasteiger charge is 1.98. The number of aryl methyl sites for hydroxylation is 1. The fourth-order valence-electron chi connectivity index (χ4n) is 1.97. The Morgan fingerprint density at radius 1 is 1.11 bits per heavy atom. The lowest BCUT2D eigenvalue weighted by Crippen LogP contribution is -2.17. The van der Waals surface area contributed by atoms with Crippen molar-refractivity contribution in [3.8, 4) is 0 Å². The van der Waals surface area contributed by atoms with Crippen LogP contribution in [-0.4, -0.2) is 16.6 Å². The molecule has 0 bridgehead atoms. The molecule has 1 aromatic carbocycles. The lowest BCUT2D eigenvalue weighted by atomic mass is 10.1. The van der Waals surface area contributed by atoms with E-state index in [0.717, 1.165) is 30.8 Å². The van der Waals surface area contributed by atoms with Crippen LogP contribution in [0.3, 0.4) is 0 Å². The summed E-state index contributed by atoms with van der Waals surface area (Å²) in [6.07, 6.45) is 2.81. The number of benzene rings is 1. The van der Waals surface area contributed by atoms with Crippen molar-refractivity contribution in [1.82, 2.24) is 10.3 Å². The predicted octanol–water partition coefficient (Wildman–Crippen LogP) is 2.21. The standard InChI is InChI=1S/C16H20N2O/c1-13-16(3-2-9-18-13)11-17-10-8-14-4-6-15(12-19)7-5-14/h2-7,9,17,19H,8,10-12H2,1H3. The van der Waals surface area contributed by atoms with Gasteiger partial charge in [-0.15, -0.1) is 0 Å². The maximum absolute atomic E-state index is 8.98. The van der Waals surface area contributed by atoms with Gasteiger partial charge in [0.15, 0.2) is 0 Å². The topological polar surface area (TPSA) is 45.2 Å². The van der Waals surface area contributed by atoms with E-state index in [4.69, 9.17) is 5.11 Å². The average Bonchev–Trinajstić information content (AvgIpc) is 2.46. The van der Waals surface area contributed by atoms with Crippen LogP contribution in [0.2, 0.25) is 0 Å². The molecule has 0 atom stereocenters. The van der Waals surface area contributed by atoms with Gasteiger partial charge in [-0.05, 0) is 42.6 Å². The molecule has 0 aliphatic carbocycles. The van der Waals surface area contributed by atoms with E-state index in [-0.39, 0.29) is 6.61 Å². The van der Waals surface area contributed by atoms with E-state index in [2.05, 4.69) is 28.5 Å². The Labute approximate surface area is 114 Å². The molecule has 0 aliphatic rings. The predicted molar refractivity (Wildman–Crippen MR) is 76.7 cm³/mol. The maximum atomic E-state index is 8.98. The van der Waals surface area contributed by atoms with Crippen molar-refractivity contribution < 1.29 is 5.11 Å². The molecule has 1 heterocycles.